The van der Waals surface area contributed by atoms with Crippen molar-refractivity contribution in [2.24, 2.45) is 5.73 Å². The molecule has 1 aliphatic rings. The van der Waals surface area contributed by atoms with Crippen molar-refractivity contribution in [1.29, 1.82) is 0 Å². The van der Waals surface area contributed by atoms with E-state index in [4.69, 9.17) is 10.2 Å². The van der Waals surface area contributed by atoms with Crippen LogP contribution in [-0.4, -0.2) is 4.98 Å². The number of aryl methyl sites for hydroxylation is 2. The Labute approximate surface area is 98.3 Å². The summed E-state index contributed by atoms with van der Waals surface area (Å²) in [6, 6.07) is 3.73. The summed E-state index contributed by atoms with van der Waals surface area (Å²) < 4.78 is 5.30. The van der Waals surface area contributed by atoms with Gasteiger partial charge < -0.3 is 10.2 Å². The monoisotopic (exact) mass is 234 g/mol. The fourth-order valence-electron chi connectivity index (χ4n) is 2.12. The van der Waals surface area contributed by atoms with E-state index in [0.717, 1.165) is 23.6 Å². The standard InChI is InChI=1S/C12H14N2OS/c13-8(10-4-2-6-15-10)7-12-14-9-3-1-5-11(9)16-12/h2,4,6,8H,1,3,5,7,13H2. The second kappa shape index (κ2) is 4.03. The lowest BCUT2D eigenvalue weighted by molar-refractivity contribution is 0.464. The highest BCUT2D eigenvalue weighted by molar-refractivity contribution is 7.11. The molecule has 0 aromatic carbocycles. The molecule has 0 saturated carbocycles. The van der Waals surface area contributed by atoms with Gasteiger partial charge in [-0.05, 0) is 31.4 Å². The molecule has 2 aromatic heterocycles. The predicted octanol–water partition coefficient (Wildman–Crippen LogP) is 2.47. The number of nitrogens with two attached hydrogens (primary N) is 1. The first-order valence-corrected chi connectivity index (χ1v) is 6.41. The molecular formula is C12H14N2OS. The Hall–Kier alpha value is -1.13. The van der Waals surface area contributed by atoms with Crippen molar-refractivity contribution in [1.82, 2.24) is 4.98 Å². The van der Waals surface area contributed by atoms with Crippen LogP contribution < -0.4 is 5.73 Å². The lowest BCUT2D eigenvalue weighted by Gasteiger charge is -2.05. The molecule has 1 aliphatic carbocycles. The smallest absolute Gasteiger partial charge is 0.120 e. The molecule has 1 atom stereocenters. The number of fused-ring (bicyclic) bond motifs is 1. The van der Waals surface area contributed by atoms with E-state index < -0.39 is 0 Å². The number of rotatable bonds is 3. The lowest BCUT2D eigenvalue weighted by atomic mass is 10.2. The maximum absolute atomic E-state index is 6.06. The van der Waals surface area contributed by atoms with Gasteiger partial charge in [0.25, 0.3) is 0 Å². The number of aromatic nitrogens is 1. The molecule has 84 valence electrons. The molecule has 2 heterocycles. The number of hydrogen-bond acceptors (Lipinski definition) is 4. The summed E-state index contributed by atoms with van der Waals surface area (Å²) in [5, 5.41) is 1.15. The Morgan fingerprint density at radius 1 is 1.50 bits per heavy atom. The van der Waals surface area contributed by atoms with Gasteiger partial charge in [-0.2, -0.15) is 0 Å². The van der Waals surface area contributed by atoms with Crippen molar-refractivity contribution in [3.63, 3.8) is 0 Å². The van der Waals surface area contributed by atoms with E-state index in [2.05, 4.69) is 4.98 Å². The molecule has 0 fully saturated rings. The van der Waals surface area contributed by atoms with Crippen molar-refractivity contribution in [2.45, 2.75) is 31.7 Å². The highest BCUT2D eigenvalue weighted by Crippen LogP contribution is 2.29. The van der Waals surface area contributed by atoms with Gasteiger partial charge in [0.15, 0.2) is 0 Å². The van der Waals surface area contributed by atoms with Crippen LogP contribution >= 0.6 is 11.3 Å². The number of nitrogens with zero attached hydrogens (tertiary/aromatic N) is 1. The zero-order valence-electron chi connectivity index (χ0n) is 8.98. The Kier molecular flexibility index (Phi) is 2.53. The van der Waals surface area contributed by atoms with Gasteiger partial charge in [0, 0.05) is 11.3 Å². The van der Waals surface area contributed by atoms with E-state index in [0.29, 0.717) is 0 Å². The normalized spacial score (nSPS) is 16.3. The van der Waals surface area contributed by atoms with Crippen LogP contribution in [0.4, 0.5) is 0 Å². The second-order valence-electron chi connectivity index (χ2n) is 4.16. The van der Waals surface area contributed by atoms with Crippen LogP contribution in [0.15, 0.2) is 22.8 Å². The Balaban J connectivity index is 1.74. The van der Waals surface area contributed by atoms with Crippen LogP contribution in [0.2, 0.25) is 0 Å². The quantitative estimate of drug-likeness (QED) is 0.887. The van der Waals surface area contributed by atoms with E-state index >= 15 is 0 Å². The van der Waals surface area contributed by atoms with Crippen molar-refractivity contribution in [3.8, 4) is 0 Å². The SMILES string of the molecule is NC(Cc1nc2c(s1)CCC2)c1ccco1. The highest BCUT2D eigenvalue weighted by atomic mass is 32.1. The molecule has 1 unspecified atom stereocenters. The van der Waals surface area contributed by atoms with Gasteiger partial charge in [-0.15, -0.1) is 11.3 Å². The summed E-state index contributed by atoms with van der Waals surface area (Å²) in [5.41, 5.74) is 7.36. The minimum Gasteiger partial charge on any atom is -0.468 e. The lowest BCUT2D eigenvalue weighted by Crippen LogP contribution is -2.12. The van der Waals surface area contributed by atoms with Gasteiger partial charge in [-0.25, -0.2) is 4.98 Å². The van der Waals surface area contributed by atoms with Gasteiger partial charge in [0.2, 0.25) is 0 Å². The van der Waals surface area contributed by atoms with Crippen LogP contribution in [0.1, 0.15) is 33.8 Å². The van der Waals surface area contributed by atoms with Crippen LogP contribution in [-0.2, 0) is 19.3 Å². The summed E-state index contributed by atoms with van der Waals surface area (Å²) >= 11 is 1.81. The van der Waals surface area contributed by atoms with Gasteiger partial charge in [0.05, 0.1) is 23.0 Å². The fraction of sp³-hybridized carbons (Fsp3) is 0.417. The average molecular weight is 234 g/mol. The number of hydrogen-bond donors (Lipinski definition) is 1. The number of thiazole rings is 1. The largest absolute Gasteiger partial charge is 0.468 e. The zero-order chi connectivity index (χ0) is 11.0. The maximum atomic E-state index is 6.06. The molecule has 16 heavy (non-hydrogen) atoms. The van der Waals surface area contributed by atoms with E-state index in [-0.39, 0.29) is 6.04 Å². The summed E-state index contributed by atoms with van der Waals surface area (Å²) in [6.07, 6.45) is 6.05. The number of furan rings is 1. The summed E-state index contributed by atoms with van der Waals surface area (Å²) in [6.45, 7) is 0. The Bertz CT molecular complexity index is 454. The molecule has 4 heteroatoms. The topological polar surface area (TPSA) is 52.0 Å². The van der Waals surface area contributed by atoms with Gasteiger partial charge in [0.1, 0.15) is 5.76 Å². The minimum atomic E-state index is -0.0683. The van der Waals surface area contributed by atoms with Crippen molar-refractivity contribution < 1.29 is 4.42 Å². The van der Waals surface area contributed by atoms with Crippen LogP contribution in [0.25, 0.3) is 0 Å². The third-order valence-corrected chi connectivity index (χ3v) is 4.12. The first-order chi connectivity index (χ1) is 7.83. The van der Waals surface area contributed by atoms with Gasteiger partial charge in [-0.1, -0.05) is 0 Å². The molecule has 0 radical (unpaired) electrons. The molecule has 3 nitrogen and oxygen atoms in total. The highest BCUT2D eigenvalue weighted by Gasteiger charge is 2.19. The van der Waals surface area contributed by atoms with E-state index in [1.807, 2.05) is 23.5 Å². The fourth-order valence-corrected chi connectivity index (χ4v) is 3.34. The molecule has 0 saturated heterocycles. The van der Waals surface area contributed by atoms with Crippen molar-refractivity contribution in [2.75, 3.05) is 0 Å². The first kappa shape index (κ1) is 10.1. The van der Waals surface area contributed by atoms with Crippen molar-refractivity contribution >= 4 is 11.3 Å². The van der Waals surface area contributed by atoms with Gasteiger partial charge >= 0.3 is 0 Å². The first-order valence-electron chi connectivity index (χ1n) is 5.59. The second-order valence-corrected chi connectivity index (χ2v) is 5.33. The zero-order valence-corrected chi connectivity index (χ0v) is 9.80. The predicted molar refractivity (Wildman–Crippen MR) is 63.5 cm³/mol. The van der Waals surface area contributed by atoms with Gasteiger partial charge in [-0.3, -0.25) is 0 Å². The van der Waals surface area contributed by atoms with E-state index in [9.17, 15) is 0 Å². The molecule has 0 bridgehead atoms. The molecular weight excluding hydrogens is 220 g/mol. The van der Waals surface area contributed by atoms with Crippen LogP contribution in [0.5, 0.6) is 0 Å². The summed E-state index contributed by atoms with van der Waals surface area (Å²) in [4.78, 5) is 6.10. The molecule has 0 spiro atoms. The minimum absolute atomic E-state index is 0.0683. The third-order valence-electron chi connectivity index (χ3n) is 2.94. The average Bonchev–Trinajstić information content (AvgIpc) is 2.91. The molecule has 0 amide bonds. The molecule has 0 aliphatic heterocycles. The van der Waals surface area contributed by atoms with E-state index in [1.165, 1.54) is 23.4 Å². The molecule has 2 N–H and O–H groups in total. The molecule has 2 aromatic rings. The van der Waals surface area contributed by atoms with E-state index in [1.54, 1.807) is 6.26 Å². The maximum Gasteiger partial charge on any atom is 0.120 e. The van der Waals surface area contributed by atoms with Crippen LogP contribution in [0.3, 0.4) is 0 Å². The van der Waals surface area contributed by atoms with Crippen molar-refractivity contribution in [3.05, 3.63) is 39.7 Å². The summed E-state index contributed by atoms with van der Waals surface area (Å²) in [7, 11) is 0. The van der Waals surface area contributed by atoms with Crippen LogP contribution in [0, 0.1) is 0 Å². The Morgan fingerprint density at radius 3 is 3.19 bits per heavy atom. The summed E-state index contributed by atoms with van der Waals surface area (Å²) in [5.74, 6) is 0.843. The Morgan fingerprint density at radius 2 is 2.44 bits per heavy atom. The molecule has 3 rings (SSSR count). The third kappa shape index (κ3) is 1.79.